The van der Waals surface area contributed by atoms with Gasteiger partial charge in [0.05, 0.1) is 7.11 Å². The van der Waals surface area contributed by atoms with E-state index in [-0.39, 0.29) is 0 Å². The van der Waals surface area contributed by atoms with Crippen molar-refractivity contribution in [2.75, 3.05) is 12.4 Å². The molecule has 0 saturated heterocycles. The van der Waals surface area contributed by atoms with Crippen LogP contribution in [0.5, 0.6) is 5.75 Å². The van der Waals surface area contributed by atoms with E-state index in [1.165, 1.54) is 0 Å². The molecule has 0 aliphatic rings. The Balaban J connectivity index is 1.81. The molecule has 0 spiro atoms. The summed E-state index contributed by atoms with van der Waals surface area (Å²) in [5.74, 6) is 1.33. The van der Waals surface area contributed by atoms with Gasteiger partial charge in [-0.15, -0.1) is 0 Å². The van der Waals surface area contributed by atoms with E-state index in [1.54, 1.807) is 7.11 Å². The fourth-order valence-electron chi connectivity index (χ4n) is 1.96. The van der Waals surface area contributed by atoms with Gasteiger partial charge in [0.15, 0.2) is 0 Å². The van der Waals surface area contributed by atoms with Gasteiger partial charge in [-0.3, -0.25) is 0 Å². The summed E-state index contributed by atoms with van der Waals surface area (Å²) in [5.41, 5.74) is 2.93. The van der Waals surface area contributed by atoms with E-state index in [0.29, 0.717) is 11.8 Å². The summed E-state index contributed by atoms with van der Waals surface area (Å²) in [6, 6.07) is 15.8. The van der Waals surface area contributed by atoms with Crippen LogP contribution in [0.3, 0.4) is 0 Å². The van der Waals surface area contributed by atoms with E-state index < -0.39 is 0 Å². The fourth-order valence-corrected chi connectivity index (χ4v) is 1.96. The van der Waals surface area contributed by atoms with Crippen molar-refractivity contribution < 1.29 is 9.26 Å². The second-order valence-electron chi connectivity index (χ2n) is 4.59. The number of methoxy groups -OCH3 is 1. The number of hydrogen-bond donors (Lipinski definition) is 1. The second-order valence-corrected chi connectivity index (χ2v) is 4.59. The van der Waals surface area contributed by atoms with Gasteiger partial charge >= 0.3 is 6.01 Å². The molecule has 1 N–H and O–H groups in total. The number of aromatic nitrogens is 2. The first-order valence-electron chi connectivity index (χ1n) is 6.57. The van der Waals surface area contributed by atoms with E-state index in [0.717, 1.165) is 22.6 Å². The first kappa shape index (κ1) is 13.2. The van der Waals surface area contributed by atoms with Gasteiger partial charge in [0.25, 0.3) is 0 Å². The van der Waals surface area contributed by atoms with Gasteiger partial charge in [0, 0.05) is 11.3 Å². The van der Waals surface area contributed by atoms with Gasteiger partial charge < -0.3 is 14.6 Å². The monoisotopic (exact) mass is 281 g/mol. The highest BCUT2D eigenvalue weighted by atomic mass is 16.5. The largest absolute Gasteiger partial charge is 0.497 e. The number of anilines is 2. The third-order valence-electron chi connectivity index (χ3n) is 3.16. The maximum absolute atomic E-state index is 5.23. The maximum atomic E-state index is 5.23. The molecule has 5 nitrogen and oxygen atoms in total. The third-order valence-corrected chi connectivity index (χ3v) is 3.16. The molecule has 0 aliphatic heterocycles. The molecule has 0 atom stereocenters. The molecular formula is C16H15N3O2. The van der Waals surface area contributed by atoms with Crippen molar-refractivity contribution >= 4 is 11.7 Å². The quantitative estimate of drug-likeness (QED) is 0.788. The van der Waals surface area contributed by atoms with Crippen LogP contribution in [0.4, 0.5) is 11.7 Å². The van der Waals surface area contributed by atoms with Gasteiger partial charge in [0.2, 0.25) is 5.82 Å². The summed E-state index contributed by atoms with van der Waals surface area (Å²) in [5, 5.41) is 7.10. The number of benzene rings is 2. The average molecular weight is 281 g/mol. The molecule has 3 rings (SSSR count). The van der Waals surface area contributed by atoms with Crippen molar-refractivity contribution in [2.24, 2.45) is 0 Å². The van der Waals surface area contributed by atoms with Gasteiger partial charge in [-0.1, -0.05) is 23.4 Å². The average Bonchev–Trinajstić information content (AvgIpc) is 2.98. The molecular weight excluding hydrogens is 266 g/mol. The van der Waals surface area contributed by atoms with Crippen LogP contribution < -0.4 is 10.1 Å². The number of rotatable bonds is 4. The molecule has 106 valence electrons. The summed E-state index contributed by atoms with van der Waals surface area (Å²) >= 11 is 0. The van der Waals surface area contributed by atoms with Gasteiger partial charge in [0.1, 0.15) is 5.75 Å². The number of hydrogen-bond acceptors (Lipinski definition) is 5. The Labute approximate surface area is 122 Å². The van der Waals surface area contributed by atoms with Crippen LogP contribution in [0.25, 0.3) is 11.4 Å². The zero-order chi connectivity index (χ0) is 14.7. The summed E-state index contributed by atoms with van der Waals surface area (Å²) in [6.07, 6.45) is 0. The van der Waals surface area contributed by atoms with Gasteiger partial charge in [-0.05, 0) is 42.8 Å². The molecule has 0 unspecified atom stereocenters. The van der Waals surface area contributed by atoms with Crippen LogP contribution in [0.15, 0.2) is 53.1 Å². The topological polar surface area (TPSA) is 60.2 Å². The molecule has 0 bridgehead atoms. The first-order chi connectivity index (χ1) is 10.3. The normalized spacial score (nSPS) is 10.4. The Morgan fingerprint density at radius 1 is 1.05 bits per heavy atom. The SMILES string of the molecule is COc1ccc(-c2noc(Nc3ccccc3C)n2)cc1. The Kier molecular flexibility index (Phi) is 3.55. The highest BCUT2D eigenvalue weighted by molar-refractivity contribution is 5.60. The third kappa shape index (κ3) is 2.86. The first-order valence-corrected chi connectivity index (χ1v) is 6.57. The number of nitrogens with zero attached hydrogens (tertiary/aromatic N) is 2. The minimum atomic E-state index is 0.370. The Bertz CT molecular complexity index is 735. The lowest BCUT2D eigenvalue weighted by molar-refractivity contribution is 0.415. The highest BCUT2D eigenvalue weighted by Gasteiger charge is 2.09. The van der Waals surface area contributed by atoms with E-state index in [1.807, 2.05) is 55.5 Å². The molecule has 0 saturated carbocycles. The van der Waals surface area contributed by atoms with Gasteiger partial charge in [-0.2, -0.15) is 4.98 Å². The van der Waals surface area contributed by atoms with Crippen molar-refractivity contribution in [2.45, 2.75) is 6.92 Å². The van der Waals surface area contributed by atoms with Gasteiger partial charge in [-0.25, -0.2) is 0 Å². The summed E-state index contributed by atoms with van der Waals surface area (Å²) in [4.78, 5) is 4.34. The fraction of sp³-hybridized carbons (Fsp3) is 0.125. The molecule has 0 amide bonds. The molecule has 1 heterocycles. The minimum absolute atomic E-state index is 0.370. The van der Waals surface area contributed by atoms with Crippen molar-refractivity contribution in [3.8, 4) is 17.1 Å². The number of nitrogens with one attached hydrogen (secondary N) is 1. The lowest BCUT2D eigenvalue weighted by atomic mass is 10.2. The Morgan fingerprint density at radius 2 is 1.81 bits per heavy atom. The predicted octanol–water partition coefficient (Wildman–Crippen LogP) is 3.80. The van der Waals surface area contributed by atoms with Crippen LogP contribution in [0.2, 0.25) is 0 Å². The van der Waals surface area contributed by atoms with Crippen LogP contribution in [0.1, 0.15) is 5.56 Å². The molecule has 5 heteroatoms. The molecule has 3 aromatic rings. The second kappa shape index (κ2) is 5.66. The van der Waals surface area contributed by atoms with E-state index in [2.05, 4.69) is 15.5 Å². The molecule has 0 aliphatic carbocycles. The van der Waals surface area contributed by atoms with Crippen LogP contribution >= 0.6 is 0 Å². The molecule has 2 aromatic carbocycles. The van der Waals surface area contributed by atoms with Crippen molar-refractivity contribution in [3.63, 3.8) is 0 Å². The smallest absolute Gasteiger partial charge is 0.326 e. The standard InChI is InChI=1S/C16H15N3O2/c1-11-5-3-4-6-14(11)17-16-18-15(19-21-16)12-7-9-13(20-2)10-8-12/h3-10H,1-2H3,(H,17,18,19). The molecule has 0 radical (unpaired) electrons. The van der Waals surface area contributed by atoms with E-state index >= 15 is 0 Å². The minimum Gasteiger partial charge on any atom is -0.497 e. The summed E-state index contributed by atoms with van der Waals surface area (Å²) < 4.78 is 10.4. The van der Waals surface area contributed by atoms with E-state index in [9.17, 15) is 0 Å². The molecule has 0 fully saturated rings. The summed E-state index contributed by atoms with van der Waals surface area (Å²) in [6.45, 7) is 2.02. The number of ether oxygens (including phenoxy) is 1. The van der Waals surface area contributed by atoms with E-state index in [4.69, 9.17) is 9.26 Å². The highest BCUT2D eigenvalue weighted by Crippen LogP contribution is 2.23. The molecule has 1 aromatic heterocycles. The van der Waals surface area contributed by atoms with Crippen molar-refractivity contribution in [3.05, 3.63) is 54.1 Å². The van der Waals surface area contributed by atoms with Crippen LogP contribution in [-0.4, -0.2) is 17.3 Å². The lowest BCUT2D eigenvalue weighted by Crippen LogP contribution is -1.92. The zero-order valence-corrected chi connectivity index (χ0v) is 11.8. The Morgan fingerprint density at radius 3 is 2.52 bits per heavy atom. The zero-order valence-electron chi connectivity index (χ0n) is 11.8. The predicted molar refractivity (Wildman–Crippen MR) is 80.7 cm³/mol. The lowest BCUT2D eigenvalue weighted by Gasteiger charge is -2.03. The van der Waals surface area contributed by atoms with Crippen molar-refractivity contribution in [1.82, 2.24) is 10.1 Å². The molecule has 21 heavy (non-hydrogen) atoms. The number of aryl methyl sites for hydroxylation is 1. The van der Waals surface area contributed by atoms with Crippen LogP contribution in [0, 0.1) is 6.92 Å². The van der Waals surface area contributed by atoms with Crippen molar-refractivity contribution in [1.29, 1.82) is 0 Å². The van der Waals surface area contributed by atoms with Crippen LogP contribution in [-0.2, 0) is 0 Å². The maximum Gasteiger partial charge on any atom is 0.326 e. The number of para-hydroxylation sites is 1. The Hall–Kier alpha value is -2.82. The summed E-state index contributed by atoms with van der Waals surface area (Å²) in [7, 11) is 1.63.